The van der Waals surface area contributed by atoms with E-state index in [1.54, 1.807) is 23.1 Å². The Morgan fingerprint density at radius 1 is 1.08 bits per heavy atom. The summed E-state index contributed by atoms with van der Waals surface area (Å²) in [5, 5.41) is 6.97. The molecule has 1 saturated heterocycles. The van der Waals surface area contributed by atoms with Gasteiger partial charge >= 0.3 is 0 Å². The zero-order valence-electron chi connectivity index (χ0n) is 20.1. The van der Waals surface area contributed by atoms with E-state index in [2.05, 4.69) is 15.5 Å². The summed E-state index contributed by atoms with van der Waals surface area (Å²) < 4.78 is 21.4. The maximum Gasteiger partial charge on any atom is 0.231 e. The quantitative estimate of drug-likeness (QED) is 0.506. The number of benzene rings is 2. The van der Waals surface area contributed by atoms with Crippen LogP contribution in [0.5, 0.6) is 17.2 Å². The number of aromatic nitrogens is 2. The molecule has 1 N–H and O–H groups in total. The average Bonchev–Trinajstić information content (AvgIpc) is 3.57. The van der Waals surface area contributed by atoms with Gasteiger partial charge in [0.2, 0.25) is 30.3 Å². The van der Waals surface area contributed by atoms with Crippen molar-refractivity contribution in [2.75, 3.05) is 31.8 Å². The Hall–Kier alpha value is -4.08. The Kier molecular flexibility index (Phi) is 7.01. The van der Waals surface area contributed by atoms with Gasteiger partial charge in [-0.15, -0.1) is 0 Å². The molecule has 3 heterocycles. The third-order valence-corrected chi connectivity index (χ3v) is 6.30. The zero-order valence-corrected chi connectivity index (χ0v) is 20.1. The van der Waals surface area contributed by atoms with Crippen LogP contribution in [0.25, 0.3) is 11.4 Å². The van der Waals surface area contributed by atoms with Gasteiger partial charge in [-0.2, -0.15) is 4.98 Å². The van der Waals surface area contributed by atoms with Gasteiger partial charge in [-0.05, 0) is 56.2 Å². The number of rotatable bonds is 8. The smallest absolute Gasteiger partial charge is 0.231 e. The van der Waals surface area contributed by atoms with Gasteiger partial charge in [-0.3, -0.25) is 9.59 Å². The molecule has 0 bridgehead atoms. The molecule has 2 amide bonds. The second-order valence-corrected chi connectivity index (χ2v) is 8.68. The van der Waals surface area contributed by atoms with Crippen LogP contribution in [0.3, 0.4) is 0 Å². The van der Waals surface area contributed by atoms with Crippen LogP contribution in [-0.2, 0) is 16.0 Å². The molecule has 0 atom stereocenters. The van der Waals surface area contributed by atoms with Crippen LogP contribution in [0.15, 0.2) is 47.0 Å². The number of nitrogens with one attached hydrogen (secondary N) is 1. The van der Waals surface area contributed by atoms with E-state index < -0.39 is 0 Å². The van der Waals surface area contributed by atoms with Crippen molar-refractivity contribution < 1.29 is 28.3 Å². The number of fused-ring (bicyclic) bond motifs is 1. The van der Waals surface area contributed by atoms with Gasteiger partial charge in [0, 0.05) is 49.2 Å². The fourth-order valence-corrected chi connectivity index (χ4v) is 4.32. The maximum absolute atomic E-state index is 12.7. The minimum atomic E-state index is -0.146. The van der Waals surface area contributed by atoms with Crippen molar-refractivity contribution >= 4 is 17.5 Å². The van der Waals surface area contributed by atoms with E-state index in [-0.39, 0.29) is 30.9 Å². The normalized spacial score (nSPS) is 15.1. The Morgan fingerprint density at radius 3 is 2.64 bits per heavy atom. The molecule has 0 aliphatic carbocycles. The van der Waals surface area contributed by atoms with Crippen LogP contribution in [0.2, 0.25) is 0 Å². The lowest BCUT2D eigenvalue weighted by molar-refractivity contribution is -0.134. The molecular formula is C26H28N4O6. The SMILES string of the molecule is CCOc1ccc(-c2noc(CCC(=O)N3CCC(C(=O)Nc4ccc5c(c4)OCO5)CC3)n2)cc1. The Balaban J connectivity index is 1.07. The van der Waals surface area contributed by atoms with Crippen LogP contribution in [-0.4, -0.2) is 53.3 Å². The lowest BCUT2D eigenvalue weighted by Crippen LogP contribution is -2.41. The fraction of sp³-hybridized carbons (Fsp3) is 0.385. The molecule has 1 aromatic heterocycles. The third kappa shape index (κ3) is 5.42. The number of piperidine rings is 1. The topological polar surface area (TPSA) is 116 Å². The highest BCUT2D eigenvalue weighted by molar-refractivity contribution is 5.93. The third-order valence-electron chi connectivity index (χ3n) is 6.30. The number of anilines is 1. The maximum atomic E-state index is 12.7. The fourth-order valence-electron chi connectivity index (χ4n) is 4.32. The van der Waals surface area contributed by atoms with E-state index in [4.69, 9.17) is 18.7 Å². The van der Waals surface area contributed by atoms with E-state index in [1.807, 2.05) is 31.2 Å². The minimum Gasteiger partial charge on any atom is -0.494 e. The van der Waals surface area contributed by atoms with Crippen molar-refractivity contribution in [2.45, 2.75) is 32.6 Å². The molecule has 10 nitrogen and oxygen atoms in total. The second kappa shape index (κ2) is 10.7. The number of hydrogen-bond acceptors (Lipinski definition) is 8. The molecule has 36 heavy (non-hydrogen) atoms. The number of ether oxygens (including phenoxy) is 3. The van der Waals surface area contributed by atoms with Gasteiger partial charge in [-0.1, -0.05) is 5.16 Å². The number of nitrogens with zero attached hydrogens (tertiary/aromatic N) is 3. The van der Waals surface area contributed by atoms with Gasteiger partial charge in [0.05, 0.1) is 6.61 Å². The highest BCUT2D eigenvalue weighted by Crippen LogP contribution is 2.34. The van der Waals surface area contributed by atoms with Crippen molar-refractivity contribution in [3.05, 3.63) is 48.4 Å². The Bertz CT molecular complexity index is 1220. The van der Waals surface area contributed by atoms with Crippen LogP contribution < -0.4 is 19.5 Å². The summed E-state index contributed by atoms with van der Waals surface area (Å²) in [7, 11) is 0. The Morgan fingerprint density at radius 2 is 1.86 bits per heavy atom. The summed E-state index contributed by atoms with van der Waals surface area (Å²) in [4.78, 5) is 31.6. The predicted octanol–water partition coefficient (Wildman–Crippen LogP) is 3.67. The molecule has 0 radical (unpaired) electrons. The minimum absolute atomic E-state index is 0.0189. The Labute approximate surface area is 208 Å². The molecule has 3 aromatic rings. The van der Waals surface area contributed by atoms with Crippen LogP contribution in [0.1, 0.15) is 32.1 Å². The van der Waals surface area contributed by atoms with E-state index in [0.29, 0.717) is 67.9 Å². The predicted molar refractivity (Wildman–Crippen MR) is 130 cm³/mol. The molecule has 2 aliphatic rings. The van der Waals surface area contributed by atoms with E-state index in [0.717, 1.165) is 11.3 Å². The molecule has 0 unspecified atom stereocenters. The van der Waals surface area contributed by atoms with E-state index >= 15 is 0 Å². The first kappa shape index (κ1) is 23.7. The van der Waals surface area contributed by atoms with Crippen molar-refractivity contribution in [3.63, 3.8) is 0 Å². The zero-order chi connectivity index (χ0) is 24.9. The number of likely N-dealkylation sites (tertiary alicyclic amines) is 1. The largest absolute Gasteiger partial charge is 0.494 e. The van der Waals surface area contributed by atoms with Crippen LogP contribution in [0.4, 0.5) is 5.69 Å². The summed E-state index contributed by atoms with van der Waals surface area (Å²) in [6, 6.07) is 12.8. The summed E-state index contributed by atoms with van der Waals surface area (Å²) in [6.45, 7) is 3.81. The standard InChI is InChI=1S/C26H28N4O6/c1-2-33-20-6-3-17(4-7-20)25-28-23(36-29-25)9-10-24(31)30-13-11-18(12-14-30)26(32)27-19-5-8-21-22(15-19)35-16-34-21/h3-8,15,18H,2,9-14,16H2,1H3,(H,27,32). The highest BCUT2D eigenvalue weighted by Gasteiger charge is 2.28. The van der Waals surface area contributed by atoms with Crippen molar-refractivity contribution in [2.24, 2.45) is 5.92 Å². The molecule has 5 rings (SSSR count). The van der Waals surface area contributed by atoms with E-state index in [1.165, 1.54) is 0 Å². The number of carbonyl (C=O) groups is 2. The van der Waals surface area contributed by atoms with Gasteiger partial charge in [0.25, 0.3) is 0 Å². The van der Waals surface area contributed by atoms with Gasteiger partial charge in [-0.25, -0.2) is 0 Å². The van der Waals surface area contributed by atoms with Gasteiger partial charge < -0.3 is 29.0 Å². The lowest BCUT2D eigenvalue weighted by Gasteiger charge is -2.31. The monoisotopic (exact) mass is 492 g/mol. The van der Waals surface area contributed by atoms with Crippen molar-refractivity contribution in [1.29, 1.82) is 0 Å². The van der Waals surface area contributed by atoms with Gasteiger partial charge in [0.1, 0.15) is 5.75 Å². The molecular weight excluding hydrogens is 464 g/mol. The highest BCUT2D eigenvalue weighted by atomic mass is 16.7. The van der Waals surface area contributed by atoms with Crippen molar-refractivity contribution in [3.8, 4) is 28.6 Å². The first-order valence-corrected chi connectivity index (χ1v) is 12.1. The molecule has 2 aliphatic heterocycles. The first-order chi connectivity index (χ1) is 17.6. The summed E-state index contributed by atoms with van der Waals surface area (Å²) in [5.41, 5.74) is 1.49. The molecule has 188 valence electrons. The number of carbonyl (C=O) groups excluding carboxylic acids is 2. The summed E-state index contributed by atoms with van der Waals surface area (Å²) >= 11 is 0. The number of hydrogen-bond donors (Lipinski definition) is 1. The number of aryl methyl sites for hydroxylation is 1. The summed E-state index contributed by atoms with van der Waals surface area (Å²) in [5.74, 6) is 2.81. The van der Waals surface area contributed by atoms with E-state index in [9.17, 15) is 9.59 Å². The molecule has 0 saturated carbocycles. The average molecular weight is 493 g/mol. The van der Waals surface area contributed by atoms with Crippen LogP contribution >= 0.6 is 0 Å². The first-order valence-electron chi connectivity index (χ1n) is 12.1. The lowest BCUT2D eigenvalue weighted by atomic mass is 9.95. The molecule has 1 fully saturated rings. The number of amides is 2. The molecule has 10 heteroatoms. The molecule has 0 spiro atoms. The van der Waals surface area contributed by atoms with Crippen LogP contribution in [0, 0.1) is 5.92 Å². The molecule has 2 aromatic carbocycles. The van der Waals surface area contributed by atoms with Crippen molar-refractivity contribution in [1.82, 2.24) is 15.0 Å². The second-order valence-electron chi connectivity index (χ2n) is 8.68. The van der Waals surface area contributed by atoms with Gasteiger partial charge in [0.15, 0.2) is 11.5 Å². The summed E-state index contributed by atoms with van der Waals surface area (Å²) in [6.07, 6.45) is 1.88.